The third kappa shape index (κ3) is 6.82. The summed E-state index contributed by atoms with van der Waals surface area (Å²) in [7, 11) is 0. The molecule has 0 aromatic heterocycles. The van der Waals surface area contributed by atoms with E-state index in [1.807, 2.05) is 6.92 Å². The average molecular weight is 628 g/mol. The monoisotopic (exact) mass is 626 g/mol. The number of piperidine rings is 1. The van der Waals surface area contributed by atoms with E-state index in [-0.39, 0.29) is 24.0 Å². The van der Waals surface area contributed by atoms with Gasteiger partial charge in [-0.1, -0.05) is 45.2 Å². The Labute approximate surface area is 238 Å². The van der Waals surface area contributed by atoms with Crippen LogP contribution in [0.5, 0.6) is 11.5 Å². The van der Waals surface area contributed by atoms with E-state index in [0.29, 0.717) is 51.3 Å². The fourth-order valence-corrected chi connectivity index (χ4v) is 5.72. The maximum absolute atomic E-state index is 13.0. The normalized spacial score (nSPS) is 17.0. The lowest BCUT2D eigenvalue weighted by Gasteiger charge is -2.27. The Morgan fingerprint density at radius 1 is 1.08 bits per heavy atom. The highest BCUT2D eigenvalue weighted by molar-refractivity contribution is 9.10. The van der Waals surface area contributed by atoms with E-state index in [0.717, 1.165) is 41.5 Å². The molecule has 0 radical (unpaired) electrons. The Hall–Kier alpha value is -2.20. The van der Waals surface area contributed by atoms with E-state index in [2.05, 4.69) is 15.9 Å². The van der Waals surface area contributed by atoms with Crippen molar-refractivity contribution in [3.8, 4) is 11.5 Å². The summed E-state index contributed by atoms with van der Waals surface area (Å²) in [6.07, 6.45) is 4.58. The van der Waals surface area contributed by atoms with Gasteiger partial charge in [0.15, 0.2) is 11.5 Å². The number of nitrogens with zero attached hydrogens (tertiary/aromatic N) is 2. The Morgan fingerprint density at radius 2 is 1.81 bits per heavy atom. The molecular formula is C26H25BrCl2N2O5S. The van der Waals surface area contributed by atoms with Crippen LogP contribution in [-0.2, 0) is 16.2 Å². The molecule has 0 aliphatic carbocycles. The molecule has 2 aliphatic rings. The van der Waals surface area contributed by atoms with Gasteiger partial charge in [0.1, 0.15) is 13.2 Å². The highest BCUT2D eigenvalue weighted by atomic mass is 79.9. The number of benzene rings is 2. The molecule has 2 aliphatic heterocycles. The minimum atomic E-state index is -0.483. The van der Waals surface area contributed by atoms with Crippen LogP contribution >= 0.6 is 50.9 Å². The lowest BCUT2D eigenvalue weighted by molar-refractivity contribution is -0.136. The molecule has 0 spiro atoms. The van der Waals surface area contributed by atoms with Crippen molar-refractivity contribution in [3.05, 3.63) is 60.9 Å². The van der Waals surface area contributed by atoms with E-state index in [4.69, 9.17) is 32.7 Å². The van der Waals surface area contributed by atoms with Gasteiger partial charge in [-0.15, -0.1) is 0 Å². The number of halogens is 3. The molecule has 4 rings (SSSR count). The van der Waals surface area contributed by atoms with Gasteiger partial charge in [0.2, 0.25) is 5.91 Å². The second-order valence-electron chi connectivity index (χ2n) is 8.49. The minimum absolute atomic E-state index is 0.200. The molecule has 196 valence electrons. The molecule has 2 fully saturated rings. The first-order chi connectivity index (χ1) is 17.8. The van der Waals surface area contributed by atoms with Crippen molar-refractivity contribution in [1.29, 1.82) is 0 Å². The Morgan fingerprint density at radius 3 is 2.51 bits per heavy atom. The lowest BCUT2D eigenvalue weighted by Crippen LogP contribution is -2.44. The predicted octanol–water partition coefficient (Wildman–Crippen LogP) is 6.78. The molecule has 3 amide bonds. The Kier molecular flexibility index (Phi) is 9.45. The SMILES string of the molecule is CCOc1cc(/C=C2\SC(=O)N(CC(=O)N3CCCCC3)C2=O)c(Br)cc1OCc1ccc(Cl)cc1Cl. The van der Waals surface area contributed by atoms with Gasteiger partial charge in [0, 0.05) is 33.2 Å². The maximum atomic E-state index is 13.0. The first-order valence-electron chi connectivity index (χ1n) is 11.8. The van der Waals surface area contributed by atoms with Gasteiger partial charge in [0.05, 0.1) is 11.5 Å². The molecule has 2 aromatic rings. The summed E-state index contributed by atoms with van der Waals surface area (Å²) >= 11 is 16.6. The molecule has 0 N–H and O–H groups in total. The van der Waals surface area contributed by atoms with Crippen molar-refractivity contribution in [2.75, 3.05) is 26.2 Å². The Balaban J connectivity index is 1.51. The topological polar surface area (TPSA) is 76.2 Å². The van der Waals surface area contributed by atoms with Crippen molar-refractivity contribution < 1.29 is 23.9 Å². The number of imide groups is 1. The number of carbonyl (C=O) groups excluding carboxylic acids is 3. The molecule has 2 saturated heterocycles. The molecule has 2 heterocycles. The fourth-order valence-electron chi connectivity index (χ4n) is 3.99. The highest BCUT2D eigenvalue weighted by Gasteiger charge is 2.37. The first-order valence-corrected chi connectivity index (χ1v) is 14.2. The third-order valence-corrected chi connectivity index (χ3v) is 8.10. The molecule has 0 unspecified atom stereocenters. The minimum Gasteiger partial charge on any atom is -0.490 e. The van der Waals surface area contributed by atoms with Crippen LogP contribution < -0.4 is 9.47 Å². The van der Waals surface area contributed by atoms with Crippen molar-refractivity contribution in [2.24, 2.45) is 0 Å². The van der Waals surface area contributed by atoms with Gasteiger partial charge >= 0.3 is 0 Å². The van der Waals surface area contributed by atoms with Crippen LogP contribution in [-0.4, -0.2) is 53.1 Å². The van der Waals surface area contributed by atoms with E-state index in [1.165, 1.54) is 0 Å². The van der Waals surface area contributed by atoms with Gasteiger partial charge in [-0.05, 0) is 73.9 Å². The third-order valence-electron chi connectivity index (χ3n) is 5.92. The molecule has 0 bridgehead atoms. The zero-order chi connectivity index (χ0) is 26.5. The van der Waals surface area contributed by atoms with Crippen molar-refractivity contribution in [1.82, 2.24) is 9.80 Å². The van der Waals surface area contributed by atoms with Gasteiger partial charge < -0.3 is 14.4 Å². The van der Waals surface area contributed by atoms with E-state index in [9.17, 15) is 14.4 Å². The van der Waals surface area contributed by atoms with Crippen LogP contribution in [0.4, 0.5) is 4.79 Å². The molecule has 2 aromatic carbocycles. The summed E-state index contributed by atoms with van der Waals surface area (Å²) in [6, 6.07) is 8.66. The second-order valence-corrected chi connectivity index (χ2v) is 11.2. The average Bonchev–Trinajstić information content (AvgIpc) is 3.13. The molecule has 37 heavy (non-hydrogen) atoms. The largest absolute Gasteiger partial charge is 0.490 e. The summed E-state index contributed by atoms with van der Waals surface area (Å²) < 4.78 is 12.4. The zero-order valence-corrected chi connectivity index (χ0v) is 24.0. The molecular weight excluding hydrogens is 603 g/mol. The molecule has 7 nitrogen and oxygen atoms in total. The van der Waals surface area contributed by atoms with E-state index < -0.39 is 11.1 Å². The summed E-state index contributed by atoms with van der Waals surface area (Å²) in [5.74, 6) is 0.270. The first kappa shape index (κ1) is 27.8. The number of hydrogen-bond acceptors (Lipinski definition) is 6. The fraction of sp³-hybridized carbons (Fsp3) is 0.346. The molecule has 0 saturated carbocycles. The lowest BCUT2D eigenvalue weighted by atomic mass is 10.1. The van der Waals surface area contributed by atoms with Crippen LogP contribution in [0.15, 0.2) is 39.7 Å². The summed E-state index contributed by atoms with van der Waals surface area (Å²) in [4.78, 5) is 41.1. The predicted molar refractivity (Wildman–Crippen MR) is 149 cm³/mol. The number of ether oxygens (including phenoxy) is 2. The van der Waals surface area contributed by atoms with Crippen LogP contribution in [0.1, 0.15) is 37.3 Å². The number of amides is 3. The van der Waals surface area contributed by atoms with Crippen LogP contribution in [0.25, 0.3) is 6.08 Å². The molecule has 11 heteroatoms. The van der Waals surface area contributed by atoms with Crippen molar-refractivity contribution >= 4 is 74.0 Å². The van der Waals surface area contributed by atoms with Gasteiger partial charge in [-0.25, -0.2) is 0 Å². The number of likely N-dealkylation sites (tertiary alicyclic amines) is 1. The van der Waals surface area contributed by atoms with Gasteiger partial charge in [-0.2, -0.15) is 0 Å². The summed E-state index contributed by atoms with van der Waals surface area (Å²) in [5, 5.41) is 0.578. The van der Waals surface area contributed by atoms with Crippen molar-refractivity contribution in [3.63, 3.8) is 0 Å². The summed E-state index contributed by atoms with van der Waals surface area (Å²) in [6.45, 7) is 3.53. The number of carbonyl (C=O) groups is 3. The van der Waals surface area contributed by atoms with Gasteiger partial charge in [0.25, 0.3) is 11.1 Å². The quantitative estimate of drug-likeness (QED) is 0.300. The standard InChI is InChI=1S/C26H25BrCl2N2O5S/c1-2-35-21-10-17(19(27)13-22(21)36-15-16-6-7-18(28)12-20(16)29)11-23-25(33)31(26(34)37-23)14-24(32)30-8-4-3-5-9-30/h6-7,10-13H,2-5,8-9,14-15H2,1H3/b23-11-. The zero-order valence-electron chi connectivity index (χ0n) is 20.1. The Bertz CT molecular complexity index is 1250. The van der Waals surface area contributed by atoms with Gasteiger partial charge in [-0.3, -0.25) is 19.3 Å². The number of thioether (sulfide) groups is 1. The number of rotatable bonds is 8. The van der Waals surface area contributed by atoms with Crippen LogP contribution in [0, 0.1) is 0 Å². The second kappa shape index (κ2) is 12.6. The van der Waals surface area contributed by atoms with E-state index >= 15 is 0 Å². The van der Waals surface area contributed by atoms with Crippen LogP contribution in [0.2, 0.25) is 10.0 Å². The van der Waals surface area contributed by atoms with Crippen molar-refractivity contribution in [2.45, 2.75) is 32.8 Å². The summed E-state index contributed by atoms with van der Waals surface area (Å²) in [5.41, 5.74) is 1.40. The highest BCUT2D eigenvalue weighted by Crippen LogP contribution is 2.39. The smallest absolute Gasteiger partial charge is 0.294 e. The number of hydrogen-bond donors (Lipinski definition) is 0. The maximum Gasteiger partial charge on any atom is 0.294 e. The van der Waals surface area contributed by atoms with Crippen LogP contribution in [0.3, 0.4) is 0 Å². The van der Waals surface area contributed by atoms with E-state index in [1.54, 1.807) is 41.3 Å². The molecule has 0 atom stereocenters.